The van der Waals surface area contributed by atoms with Crippen LogP contribution in [0, 0.1) is 6.92 Å². The summed E-state index contributed by atoms with van der Waals surface area (Å²) < 4.78 is 27.0. The summed E-state index contributed by atoms with van der Waals surface area (Å²) >= 11 is 5.36. The summed E-state index contributed by atoms with van der Waals surface area (Å²) in [4.78, 5) is 13.4. The third-order valence-electron chi connectivity index (χ3n) is 4.74. The number of anilines is 2. The summed E-state index contributed by atoms with van der Waals surface area (Å²) in [6, 6.07) is 12.9. The smallest absolute Gasteiger partial charge is 0.325 e. The van der Waals surface area contributed by atoms with Crippen LogP contribution in [-0.2, 0) is 10.0 Å². The first-order valence-electron chi connectivity index (χ1n) is 9.36. The van der Waals surface area contributed by atoms with Crippen LogP contribution in [0.25, 0.3) is 0 Å². The van der Waals surface area contributed by atoms with Crippen molar-refractivity contribution in [3.05, 3.63) is 54.1 Å². The number of nitrogens with two attached hydrogens (primary N) is 1. The lowest BCUT2D eigenvalue weighted by Crippen LogP contribution is -2.43. The number of amides is 2. The average Bonchev–Trinajstić information content (AvgIpc) is 2.69. The van der Waals surface area contributed by atoms with Gasteiger partial charge in [-0.05, 0) is 73.9 Å². The second-order valence-electron chi connectivity index (χ2n) is 6.93. The van der Waals surface area contributed by atoms with Crippen LogP contribution in [0.15, 0.2) is 53.4 Å². The lowest BCUT2D eigenvalue weighted by atomic mass is 10.2. The van der Waals surface area contributed by atoms with E-state index in [0.29, 0.717) is 24.5 Å². The molecule has 0 aromatic heterocycles. The molecule has 1 saturated heterocycles. The van der Waals surface area contributed by atoms with E-state index in [0.717, 1.165) is 24.8 Å². The van der Waals surface area contributed by atoms with Gasteiger partial charge in [0.15, 0.2) is 5.11 Å². The van der Waals surface area contributed by atoms with Gasteiger partial charge >= 0.3 is 6.03 Å². The van der Waals surface area contributed by atoms with Crippen molar-refractivity contribution in [1.29, 1.82) is 0 Å². The van der Waals surface area contributed by atoms with E-state index in [9.17, 15) is 13.2 Å². The number of benzene rings is 2. The molecule has 0 atom stereocenters. The van der Waals surface area contributed by atoms with Crippen LogP contribution in [0.3, 0.4) is 0 Å². The van der Waals surface area contributed by atoms with E-state index in [1.165, 1.54) is 21.3 Å². The van der Waals surface area contributed by atoms with Gasteiger partial charge in [0, 0.05) is 18.8 Å². The molecular formula is C20H24N4O3S2. The monoisotopic (exact) mass is 432 g/mol. The highest BCUT2D eigenvalue weighted by Gasteiger charge is 2.26. The Morgan fingerprint density at radius 2 is 1.76 bits per heavy atom. The van der Waals surface area contributed by atoms with Gasteiger partial charge in [0.1, 0.15) is 0 Å². The van der Waals surface area contributed by atoms with E-state index < -0.39 is 16.1 Å². The Bertz CT molecular complexity index is 1000. The second kappa shape index (κ2) is 8.89. The van der Waals surface area contributed by atoms with Crippen molar-refractivity contribution in [1.82, 2.24) is 4.31 Å². The van der Waals surface area contributed by atoms with Crippen molar-refractivity contribution >= 4 is 44.8 Å². The van der Waals surface area contributed by atoms with Gasteiger partial charge in [-0.25, -0.2) is 18.1 Å². The first kappa shape index (κ1) is 21.2. The molecular weight excluding hydrogens is 408 g/mol. The summed E-state index contributed by atoms with van der Waals surface area (Å²) in [5, 5.41) is 3.05. The van der Waals surface area contributed by atoms with Crippen molar-refractivity contribution in [2.75, 3.05) is 23.3 Å². The van der Waals surface area contributed by atoms with E-state index in [4.69, 9.17) is 18.0 Å². The van der Waals surface area contributed by atoms with E-state index >= 15 is 0 Å². The first-order valence-corrected chi connectivity index (χ1v) is 11.2. The molecule has 3 rings (SSSR count). The molecule has 1 aliphatic rings. The molecule has 1 aliphatic heterocycles. The number of sulfonamides is 1. The van der Waals surface area contributed by atoms with Crippen molar-refractivity contribution in [3.63, 3.8) is 0 Å². The van der Waals surface area contributed by atoms with Gasteiger partial charge in [-0.3, -0.25) is 0 Å². The van der Waals surface area contributed by atoms with E-state index in [1.54, 1.807) is 24.3 Å². The Kier molecular flexibility index (Phi) is 6.51. The number of piperidine rings is 1. The average molecular weight is 433 g/mol. The van der Waals surface area contributed by atoms with Crippen molar-refractivity contribution < 1.29 is 13.2 Å². The van der Waals surface area contributed by atoms with Crippen LogP contribution < -0.4 is 16.0 Å². The summed E-state index contributed by atoms with van der Waals surface area (Å²) in [5.41, 5.74) is 7.59. The summed E-state index contributed by atoms with van der Waals surface area (Å²) in [7, 11) is -3.50. The zero-order chi connectivity index (χ0) is 21.0. The fourth-order valence-electron chi connectivity index (χ4n) is 3.26. The largest absolute Gasteiger partial charge is 0.351 e. The molecule has 7 nitrogen and oxygen atoms in total. The lowest BCUT2D eigenvalue weighted by molar-refractivity contribution is 0.256. The number of thiocarbonyl (C=S) groups is 1. The molecule has 2 aromatic rings. The Morgan fingerprint density at radius 1 is 1.10 bits per heavy atom. The molecule has 0 unspecified atom stereocenters. The molecule has 0 aliphatic carbocycles. The maximum Gasteiger partial charge on any atom is 0.325 e. The quantitative estimate of drug-likeness (QED) is 0.722. The fraction of sp³-hybridized carbons (Fsp3) is 0.300. The van der Waals surface area contributed by atoms with E-state index in [2.05, 4.69) is 5.32 Å². The maximum atomic E-state index is 12.7. The Balaban J connectivity index is 1.76. The van der Waals surface area contributed by atoms with Crippen LogP contribution >= 0.6 is 12.2 Å². The van der Waals surface area contributed by atoms with Gasteiger partial charge in [-0.1, -0.05) is 18.6 Å². The maximum absolute atomic E-state index is 12.7. The first-order chi connectivity index (χ1) is 13.8. The van der Waals surface area contributed by atoms with Gasteiger partial charge in [0.05, 0.1) is 10.6 Å². The molecule has 1 heterocycles. The third-order valence-corrected chi connectivity index (χ3v) is 6.94. The number of rotatable bonds is 4. The van der Waals surface area contributed by atoms with Crippen LogP contribution in [-0.4, -0.2) is 37.0 Å². The number of nitrogens with one attached hydrogen (secondary N) is 1. The zero-order valence-corrected chi connectivity index (χ0v) is 17.8. The van der Waals surface area contributed by atoms with Crippen molar-refractivity contribution in [3.8, 4) is 0 Å². The van der Waals surface area contributed by atoms with E-state index in [1.807, 2.05) is 19.1 Å². The molecule has 2 aromatic carbocycles. The number of urea groups is 1. The SMILES string of the molecule is Cc1cccc(N(C(N)=O)C(=S)Nc2ccc(S(=O)(=O)N3CCCCC3)cc2)c1. The molecule has 0 saturated carbocycles. The minimum Gasteiger partial charge on any atom is -0.351 e. The van der Waals surface area contributed by atoms with Crippen LogP contribution in [0.5, 0.6) is 0 Å². The number of hydrogen-bond donors (Lipinski definition) is 2. The molecule has 0 bridgehead atoms. The molecule has 2 amide bonds. The highest BCUT2D eigenvalue weighted by Crippen LogP contribution is 2.23. The number of nitrogens with zero attached hydrogens (tertiary/aromatic N) is 2. The normalized spacial score (nSPS) is 14.9. The fourth-order valence-corrected chi connectivity index (χ4v) is 5.09. The Labute approximate surface area is 176 Å². The van der Waals surface area contributed by atoms with Gasteiger partial charge in [-0.15, -0.1) is 0 Å². The number of aryl methyl sites for hydroxylation is 1. The van der Waals surface area contributed by atoms with Gasteiger partial charge in [-0.2, -0.15) is 4.31 Å². The molecule has 154 valence electrons. The van der Waals surface area contributed by atoms with Gasteiger partial charge in [0.2, 0.25) is 10.0 Å². The number of carbonyl (C=O) groups excluding carboxylic acids is 1. The number of hydrogen-bond acceptors (Lipinski definition) is 4. The molecule has 3 N–H and O–H groups in total. The third kappa shape index (κ3) is 4.92. The zero-order valence-electron chi connectivity index (χ0n) is 16.2. The van der Waals surface area contributed by atoms with Crippen molar-refractivity contribution in [2.45, 2.75) is 31.1 Å². The summed E-state index contributed by atoms with van der Waals surface area (Å²) in [6.07, 6.45) is 2.83. The molecule has 29 heavy (non-hydrogen) atoms. The second-order valence-corrected chi connectivity index (χ2v) is 9.26. The summed E-state index contributed by atoms with van der Waals surface area (Å²) in [6.45, 7) is 3.01. The Morgan fingerprint density at radius 3 is 2.34 bits per heavy atom. The lowest BCUT2D eigenvalue weighted by Gasteiger charge is -2.26. The standard InChI is InChI=1S/C20H24N4O3S2/c1-15-6-5-7-17(14-15)24(19(21)25)20(28)22-16-8-10-18(11-9-16)29(26,27)23-12-3-2-4-13-23/h5-11,14H,2-4,12-13H2,1H3,(H2,21,25)(H,22,28). The Hall–Kier alpha value is -2.49. The molecule has 0 spiro atoms. The minimum atomic E-state index is -3.50. The predicted octanol–water partition coefficient (Wildman–Crippen LogP) is 3.45. The number of carbonyl (C=O) groups is 1. The van der Waals surface area contributed by atoms with Crippen LogP contribution in [0.2, 0.25) is 0 Å². The topological polar surface area (TPSA) is 95.7 Å². The predicted molar refractivity (Wildman–Crippen MR) is 119 cm³/mol. The minimum absolute atomic E-state index is 0.106. The highest BCUT2D eigenvalue weighted by atomic mass is 32.2. The van der Waals surface area contributed by atoms with E-state index in [-0.39, 0.29) is 10.0 Å². The molecule has 9 heteroatoms. The highest BCUT2D eigenvalue weighted by molar-refractivity contribution is 7.89. The summed E-state index contributed by atoms with van der Waals surface area (Å²) in [5.74, 6) is 0. The van der Waals surface area contributed by atoms with Gasteiger partial charge in [0.25, 0.3) is 0 Å². The van der Waals surface area contributed by atoms with Crippen LogP contribution in [0.4, 0.5) is 16.2 Å². The van der Waals surface area contributed by atoms with Gasteiger partial charge < -0.3 is 11.1 Å². The number of primary amides is 1. The van der Waals surface area contributed by atoms with Crippen molar-refractivity contribution in [2.24, 2.45) is 5.73 Å². The van der Waals surface area contributed by atoms with Crippen LogP contribution in [0.1, 0.15) is 24.8 Å². The molecule has 1 fully saturated rings. The molecule has 0 radical (unpaired) electrons.